The summed E-state index contributed by atoms with van der Waals surface area (Å²) in [6, 6.07) is 10.0. The molecule has 3 rings (SSSR count). The molecule has 4 heteroatoms. The van der Waals surface area contributed by atoms with Crippen LogP contribution in [0.25, 0.3) is 21.9 Å². The van der Waals surface area contributed by atoms with Gasteiger partial charge in [-0.2, -0.15) is 0 Å². The largest absolute Gasteiger partial charge is 0.230 e. The normalized spacial score (nSPS) is 11.0. The molecule has 0 bridgehead atoms. The summed E-state index contributed by atoms with van der Waals surface area (Å²) in [6.07, 6.45) is 2.67. The summed E-state index contributed by atoms with van der Waals surface area (Å²) in [4.78, 5) is 8.37. The maximum atomic E-state index is 6.16. The van der Waals surface area contributed by atoms with Crippen molar-refractivity contribution in [1.29, 1.82) is 0 Å². The maximum Gasteiger partial charge on any atom is 0.198 e. The van der Waals surface area contributed by atoms with Crippen LogP contribution < -0.4 is 0 Å². The molecule has 0 atom stereocenters. The van der Waals surface area contributed by atoms with Gasteiger partial charge in [0.2, 0.25) is 0 Å². The van der Waals surface area contributed by atoms with Gasteiger partial charge in [0.25, 0.3) is 0 Å². The highest BCUT2D eigenvalue weighted by Crippen LogP contribution is 2.36. The number of nitrogens with zero attached hydrogens (tertiary/aromatic N) is 2. The SMILES string of the molecule is Cc1n[c]nc(C)c1-c1ccc(Br)c2ccc(Cl)cc12. The van der Waals surface area contributed by atoms with Crippen LogP contribution in [0.15, 0.2) is 34.8 Å². The average Bonchev–Trinajstić information content (AvgIpc) is 2.41. The molecule has 1 radical (unpaired) electrons. The van der Waals surface area contributed by atoms with E-state index in [-0.39, 0.29) is 0 Å². The third-order valence-electron chi connectivity index (χ3n) is 3.35. The second-order valence-electron chi connectivity index (χ2n) is 4.65. The van der Waals surface area contributed by atoms with Gasteiger partial charge in [0.1, 0.15) is 0 Å². The molecule has 0 spiro atoms. The van der Waals surface area contributed by atoms with E-state index in [1.54, 1.807) is 0 Å². The van der Waals surface area contributed by atoms with Gasteiger partial charge in [-0.25, -0.2) is 9.97 Å². The van der Waals surface area contributed by atoms with Crippen molar-refractivity contribution in [3.05, 3.63) is 57.5 Å². The van der Waals surface area contributed by atoms with Crippen LogP contribution in [-0.4, -0.2) is 9.97 Å². The van der Waals surface area contributed by atoms with Gasteiger partial charge < -0.3 is 0 Å². The fraction of sp³-hybridized carbons (Fsp3) is 0.125. The van der Waals surface area contributed by atoms with Crippen LogP contribution in [0.2, 0.25) is 5.02 Å². The molecule has 0 fully saturated rings. The van der Waals surface area contributed by atoms with Crippen LogP contribution in [-0.2, 0) is 0 Å². The number of fused-ring (bicyclic) bond motifs is 1. The van der Waals surface area contributed by atoms with Gasteiger partial charge in [-0.15, -0.1) is 0 Å². The Morgan fingerprint density at radius 1 is 1.00 bits per heavy atom. The monoisotopic (exact) mass is 345 g/mol. The zero-order valence-corrected chi connectivity index (χ0v) is 13.4. The number of rotatable bonds is 1. The van der Waals surface area contributed by atoms with E-state index in [1.165, 1.54) is 0 Å². The Labute approximate surface area is 131 Å². The summed E-state index contributed by atoms with van der Waals surface area (Å²) >= 11 is 9.74. The molecule has 2 aromatic carbocycles. The lowest BCUT2D eigenvalue weighted by atomic mass is 9.96. The molecule has 0 aliphatic carbocycles. The van der Waals surface area contributed by atoms with E-state index < -0.39 is 0 Å². The fourth-order valence-electron chi connectivity index (χ4n) is 2.44. The van der Waals surface area contributed by atoms with Gasteiger partial charge in [0, 0.05) is 26.4 Å². The number of hydrogen-bond donors (Lipinski definition) is 0. The summed E-state index contributed by atoms with van der Waals surface area (Å²) in [6.45, 7) is 3.94. The molecular weight excluding hydrogens is 336 g/mol. The van der Waals surface area contributed by atoms with Gasteiger partial charge in [-0.1, -0.05) is 39.7 Å². The topological polar surface area (TPSA) is 25.8 Å². The molecule has 99 valence electrons. The molecule has 0 saturated heterocycles. The predicted octanol–water partition coefficient (Wildman–Crippen LogP) is 5.13. The molecule has 2 nitrogen and oxygen atoms in total. The van der Waals surface area contributed by atoms with E-state index in [1.807, 2.05) is 38.1 Å². The highest BCUT2D eigenvalue weighted by atomic mass is 79.9. The van der Waals surface area contributed by atoms with E-state index in [2.05, 4.69) is 38.3 Å². The summed E-state index contributed by atoms with van der Waals surface area (Å²) in [5.74, 6) is 0. The molecule has 0 amide bonds. The Kier molecular flexibility index (Phi) is 3.48. The first-order valence-corrected chi connectivity index (χ1v) is 7.34. The van der Waals surface area contributed by atoms with Crippen molar-refractivity contribution < 1.29 is 0 Å². The lowest BCUT2D eigenvalue weighted by Crippen LogP contribution is -1.96. The first-order chi connectivity index (χ1) is 9.58. The molecule has 0 aliphatic rings. The predicted molar refractivity (Wildman–Crippen MR) is 86.0 cm³/mol. The Morgan fingerprint density at radius 2 is 1.70 bits per heavy atom. The van der Waals surface area contributed by atoms with E-state index in [4.69, 9.17) is 11.6 Å². The van der Waals surface area contributed by atoms with Crippen LogP contribution in [0.5, 0.6) is 0 Å². The number of benzene rings is 2. The van der Waals surface area contributed by atoms with Crippen molar-refractivity contribution in [3.8, 4) is 11.1 Å². The lowest BCUT2D eigenvalue weighted by Gasteiger charge is -2.12. The zero-order chi connectivity index (χ0) is 14.3. The molecule has 20 heavy (non-hydrogen) atoms. The molecule has 0 unspecified atom stereocenters. The van der Waals surface area contributed by atoms with Crippen molar-refractivity contribution in [3.63, 3.8) is 0 Å². The number of halogens is 2. The number of aromatic nitrogens is 2. The Morgan fingerprint density at radius 3 is 2.40 bits per heavy atom. The highest BCUT2D eigenvalue weighted by Gasteiger charge is 2.13. The second kappa shape index (κ2) is 5.15. The van der Waals surface area contributed by atoms with Crippen LogP contribution >= 0.6 is 27.5 Å². The zero-order valence-electron chi connectivity index (χ0n) is 11.0. The van der Waals surface area contributed by atoms with Gasteiger partial charge in [0.05, 0.1) is 0 Å². The van der Waals surface area contributed by atoms with E-state index in [9.17, 15) is 0 Å². The first kappa shape index (κ1) is 13.5. The van der Waals surface area contributed by atoms with Crippen LogP contribution in [0, 0.1) is 20.2 Å². The third-order valence-corrected chi connectivity index (χ3v) is 4.28. The second-order valence-corrected chi connectivity index (χ2v) is 5.95. The molecule has 0 aliphatic heterocycles. The first-order valence-electron chi connectivity index (χ1n) is 6.17. The molecule has 3 aromatic rings. The van der Waals surface area contributed by atoms with Gasteiger partial charge in [0.15, 0.2) is 6.33 Å². The van der Waals surface area contributed by atoms with Crippen LogP contribution in [0.1, 0.15) is 11.4 Å². The average molecular weight is 347 g/mol. The fourth-order valence-corrected chi connectivity index (χ4v) is 3.09. The Balaban J connectivity index is 2.43. The van der Waals surface area contributed by atoms with E-state index in [0.29, 0.717) is 0 Å². The van der Waals surface area contributed by atoms with Crippen LogP contribution in [0.4, 0.5) is 0 Å². The minimum atomic E-state index is 0.718. The molecule has 1 aromatic heterocycles. The molecule has 1 heterocycles. The quantitative estimate of drug-likeness (QED) is 0.610. The van der Waals surface area contributed by atoms with Gasteiger partial charge in [-0.3, -0.25) is 0 Å². The third kappa shape index (κ3) is 2.21. The summed E-state index contributed by atoms with van der Waals surface area (Å²) in [7, 11) is 0. The molecule has 0 N–H and O–H groups in total. The molecule has 0 saturated carbocycles. The Hall–Kier alpha value is -1.45. The van der Waals surface area contributed by atoms with E-state index >= 15 is 0 Å². The lowest BCUT2D eigenvalue weighted by molar-refractivity contribution is 1.05. The van der Waals surface area contributed by atoms with E-state index in [0.717, 1.165) is 42.8 Å². The molecular formula is C16H11BrClN2. The smallest absolute Gasteiger partial charge is 0.198 e. The maximum absolute atomic E-state index is 6.16. The Bertz CT molecular complexity index is 795. The summed E-state index contributed by atoms with van der Waals surface area (Å²) in [5, 5.41) is 2.93. The van der Waals surface area contributed by atoms with Gasteiger partial charge in [-0.05, 0) is 48.4 Å². The summed E-state index contributed by atoms with van der Waals surface area (Å²) in [5.41, 5.74) is 3.97. The van der Waals surface area contributed by atoms with Crippen molar-refractivity contribution >= 4 is 38.3 Å². The van der Waals surface area contributed by atoms with Crippen molar-refractivity contribution in [1.82, 2.24) is 9.97 Å². The highest BCUT2D eigenvalue weighted by molar-refractivity contribution is 9.10. The van der Waals surface area contributed by atoms with Crippen molar-refractivity contribution in [2.45, 2.75) is 13.8 Å². The number of hydrogen-bond acceptors (Lipinski definition) is 2. The van der Waals surface area contributed by atoms with Crippen LogP contribution in [0.3, 0.4) is 0 Å². The van der Waals surface area contributed by atoms with Gasteiger partial charge >= 0.3 is 0 Å². The number of aryl methyl sites for hydroxylation is 2. The van der Waals surface area contributed by atoms with Crippen molar-refractivity contribution in [2.24, 2.45) is 0 Å². The standard InChI is InChI=1S/C16H11BrClN2/c1-9-16(10(2)20-8-19-9)13-5-6-15(17)12-4-3-11(18)7-14(12)13/h3-7H,1-2H3. The minimum Gasteiger partial charge on any atom is -0.230 e. The minimum absolute atomic E-state index is 0.718. The van der Waals surface area contributed by atoms with Crippen molar-refractivity contribution in [2.75, 3.05) is 0 Å². The summed E-state index contributed by atoms with van der Waals surface area (Å²) < 4.78 is 1.05.